The highest BCUT2D eigenvalue weighted by molar-refractivity contribution is 5.94. The molecule has 0 saturated carbocycles. The number of nitrogens with one attached hydrogen (secondary N) is 3. The minimum Gasteiger partial charge on any atom is -0.357 e. The van der Waals surface area contributed by atoms with Gasteiger partial charge < -0.3 is 16.0 Å². The average molecular weight is 347 g/mol. The number of hydrogen-bond donors (Lipinski definition) is 3. The third-order valence-corrected chi connectivity index (χ3v) is 4.02. The maximum absolute atomic E-state index is 12.2. The van der Waals surface area contributed by atoms with E-state index in [9.17, 15) is 4.79 Å². The van der Waals surface area contributed by atoms with E-state index in [1.54, 1.807) is 0 Å². The SMILES string of the molecule is CCCCCNC(=NCc1cccc(C(=O)NC(C)CC)c1)NCC. The van der Waals surface area contributed by atoms with E-state index < -0.39 is 0 Å². The van der Waals surface area contributed by atoms with Gasteiger partial charge in [0.25, 0.3) is 5.91 Å². The van der Waals surface area contributed by atoms with Gasteiger partial charge in [-0.1, -0.05) is 38.8 Å². The molecule has 0 aliphatic rings. The van der Waals surface area contributed by atoms with Gasteiger partial charge >= 0.3 is 0 Å². The van der Waals surface area contributed by atoms with Crippen LogP contribution in [0.5, 0.6) is 0 Å². The summed E-state index contributed by atoms with van der Waals surface area (Å²) in [6.07, 6.45) is 4.50. The standard InChI is InChI=1S/C20H34N4O/c1-5-8-9-13-22-20(21-7-3)23-15-17-11-10-12-18(14-17)19(25)24-16(4)6-2/h10-12,14,16H,5-9,13,15H2,1-4H3,(H,24,25)(H2,21,22,23). The Hall–Kier alpha value is -2.04. The van der Waals surface area contributed by atoms with Crippen molar-refractivity contribution in [2.45, 2.75) is 66.0 Å². The number of rotatable bonds is 10. The molecule has 5 nitrogen and oxygen atoms in total. The fraction of sp³-hybridized carbons (Fsp3) is 0.600. The molecule has 0 spiro atoms. The minimum absolute atomic E-state index is 0.0234. The van der Waals surface area contributed by atoms with Crippen LogP contribution in [0.2, 0.25) is 0 Å². The Morgan fingerprint density at radius 3 is 2.64 bits per heavy atom. The molecule has 0 aliphatic heterocycles. The molecule has 0 saturated heterocycles. The Kier molecular flexibility index (Phi) is 10.4. The Labute approximate surface area is 152 Å². The van der Waals surface area contributed by atoms with E-state index in [2.05, 4.69) is 41.7 Å². The molecule has 1 unspecified atom stereocenters. The quantitative estimate of drug-likeness (QED) is 0.345. The molecule has 0 heterocycles. The van der Waals surface area contributed by atoms with Crippen molar-refractivity contribution in [2.24, 2.45) is 4.99 Å². The first kappa shape index (κ1) is 21.0. The molecule has 140 valence electrons. The van der Waals surface area contributed by atoms with E-state index in [4.69, 9.17) is 0 Å². The van der Waals surface area contributed by atoms with Crippen molar-refractivity contribution in [3.05, 3.63) is 35.4 Å². The van der Waals surface area contributed by atoms with Crippen LogP contribution in [0.15, 0.2) is 29.3 Å². The summed E-state index contributed by atoms with van der Waals surface area (Å²) in [5, 5.41) is 9.62. The van der Waals surface area contributed by atoms with E-state index in [0.29, 0.717) is 12.1 Å². The molecular weight excluding hydrogens is 312 g/mol. The van der Waals surface area contributed by atoms with Crippen molar-refractivity contribution in [1.29, 1.82) is 0 Å². The van der Waals surface area contributed by atoms with Crippen LogP contribution < -0.4 is 16.0 Å². The van der Waals surface area contributed by atoms with Crippen molar-refractivity contribution in [3.63, 3.8) is 0 Å². The molecule has 0 bridgehead atoms. The van der Waals surface area contributed by atoms with Crippen molar-refractivity contribution in [1.82, 2.24) is 16.0 Å². The lowest BCUT2D eigenvalue weighted by Crippen LogP contribution is -2.37. The van der Waals surface area contributed by atoms with Gasteiger partial charge in [-0.05, 0) is 44.4 Å². The van der Waals surface area contributed by atoms with Crippen LogP contribution in [0.1, 0.15) is 69.3 Å². The number of carbonyl (C=O) groups is 1. The van der Waals surface area contributed by atoms with Crippen LogP contribution in [0, 0.1) is 0 Å². The molecule has 3 N–H and O–H groups in total. The van der Waals surface area contributed by atoms with Crippen LogP contribution in [0.3, 0.4) is 0 Å². The zero-order valence-corrected chi connectivity index (χ0v) is 16.2. The molecule has 5 heteroatoms. The van der Waals surface area contributed by atoms with Crippen LogP contribution in [-0.4, -0.2) is 31.0 Å². The number of unbranched alkanes of at least 4 members (excludes halogenated alkanes) is 2. The van der Waals surface area contributed by atoms with E-state index in [1.807, 2.05) is 31.2 Å². The highest BCUT2D eigenvalue weighted by Crippen LogP contribution is 2.07. The number of aliphatic imine (C=N–C) groups is 1. The number of amides is 1. The third-order valence-electron chi connectivity index (χ3n) is 4.02. The Bertz CT molecular complexity index is 542. The summed E-state index contributed by atoms with van der Waals surface area (Å²) in [5.41, 5.74) is 1.72. The molecule has 0 fully saturated rings. The van der Waals surface area contributed by atoms with E-state index >= 15 is 0 Å². The summed E-state index contributed by atoms with van der Waals surface area (Å²) >= 11 is 0. The summed E-state index contributed by atoms with van der Waals surface area (Å²) in [4.78, 5) is 16.9. The van der Waals surface area contributed by atoms with Crippen LogP contribution in [-0.2, 0) is 6.54 Å². The molecular formula is C20H34N4O. The van der Waals surface area contributed by atoms with Crippen molar-refractivity contribution < 1.29 is 4.79 Å². The van der Waals surface area contributed by atoms with Gasteiger partial charge in [0.05, 0.1) is 6.54 Å². The van der Waals surface area contributed by atoms with Gasteiger partial charge in [0.1, 0.15) is 0 Å². The van der Waals surface area contributed by atoms with Crippen molar-refractivity contribution in [3.8, 4) is 0 Å². The second-order valence-electron chi connectivity index (χ2n) is 6.31. The first-order valence-electron chi connectivity index (χ1n) is 9.52. The Balaban J connectivity index is 2.66. The van der Waals surface area contributed by atoms with Gasteiger partial charge in [-0.3, -0.25) is 4.79 Å². The zero-order chi connectivity index (χ0) is 18.5. The molecule has 1 atom stereocenters. The lowest BCUT2D eigenvalue weighted by atomic mass is 10.1. The van der Waals surface area contributed by atoms with Gasteiger partial charge in [-0.2, -0.15) is 0 Å². The number of nitrogens with zero attached hydrogens (tertiary/aromatic N) is 1. The molecule has 1 amide bonds. The third kappa shape index (κ3) is 8.57. The number of hydrogen-bond acceptors (Lipinski definition) is 2. The molecule has 0 radical (unpaired) electrons. The maximum Gasteiger partial charge on any atom is 0.251 e. The highest BCUT2D eigenvalue weighted by atomic mass is 16.1. The summed E-state index contributed by atoms with van der Waals surface area (Å²) in [6.45, 7) is 10.6. The molecule has 1 rings (SSSR count). The smallest absolute Gasteiger partial charge is 0.251 e. The predicted octanol–water partition coefficient (Wildman–Crippen LogP) is 3.46. The number of guanidine groups is 1. The lowest BCUT2D eigenvalue weighted by Gasteiger charge is -2.12. The molecule has 0 aliphatic carbocycles. The number of carbonyl (C=O) groups excluding carboxylic acids is 1. The first-order valence-corrected chi connectivity index (χ1v) is 9.52. The van der Waals surface area contributed by atoms with Gasteiger partial charge in [-0.15, -0.1) is 0 Å². The van der Waals surface area contributed by atoms with Crippen LogP contribution in [0.25, 0.3) is 0 Å². The molecule has 1 aromatic rings. The second-order valence-corrected chi connectivity index (χ2v) is 6.31. The van der Waals surface area contributed by atoms with Gasteiger partial charge in [0.2, 0.25) is 0 Å². The first-order chi connectivity index (χ1) is 12.1. The summed E-state index contributed by atoms with van der Waals surface area (Å²) in [5.74, 6) is 0.804. The van der Waals surface area contributed by atoms with Crippen molar-refractivity contribution in [2.75, 3.05) is 13.1 Å². The molecule has 25 heavy (non-hydrogen) atoms. The molecule has 1 aromatic carbocycles. The normalized spacial score (nSPS) is 12.6. The van der Waals surface area contributed by atoms with Crippen molar-refractivity contribution >= 4 is 11.9 Å². The summed E-state index contributed by atoms with van der Waals surface area (Å²) < 4.78 is 0. The Morgan fingerprint density at radius 1 is 1.16 bits per heavy atom. The molecule has 0 aromatic heterocycles. The van der Waals surface area contributed by atoms with E-state index in [-0.39, 0.29) is 11.9 Å². The second kappa shape index (κ2) is 12.3. The van der Waals surface area contributed by atoms with E-state index in [1.165, 1.54) is 12.8 Å². The topological polar surface area (TPSA) is 65.5 Å². The zero-order valence-electron chi connectivity index (χ0n) is 16.2. The summed E-state index contributed by atoms with van der Waals surface area (Å²) in [7, 11) is 0. The van der Waals surface area contributed by atoms with Gasteiger partial charge in [0, 0.05) is 24.7 Å². The van der Waals surface area contributed by atoms with Gasteiger partial charge in [0.15, 0.2) is 5.96 Å². The largest absolute Gasteiger partial charge is 0.357 e. The van der Waals surface area contributed by atoms with Gasteiger partial charge in [-0.25, -0.2) is 4.99 Å². The fourth-order valence-electron chi connectivity index (χ4n) is 2.31. The average Bonchev–Trinajstić information content (AvgIpc) is 2.63. The van der Waals surface area contributed by atoms with Crippen LogP contribution >= 0.6 is 0 Å². The van der Waals surface area contributed by atoms with Crippen LogP contribution in [0.4, 0.5) is 0 Å². The maximum atomic E-state index is 12.2. The Morgan fingerprint density at radius 2 is 1.96 bits per heavy atom. The predicted molar refractivity (Wildman–Crippen MR) is 106 cm³/mol. The minimum atomic E-state index is -0.0234. The summed E-state index contributed by atoms with van der Waals surface area (Å²) in [6, 6.07) is 7.87. The monoisotopic (exact) mass is 346 g/mol. The number of benzene rings is 1. The fourth-order valence-corrected chi connectivity index (χ4v) is 2.31. The lowest BCUT2D eigenvalue weighted by molar-refractivity contribution is 0.0939. The van der Waals surface area contributed by atoms with E-state index in [0.717, 1.165) is 37.5 Å². The highest BCUT2D eigenvalue weighted by Gasteiger charge is 2.08.